The molecule has 1 aliphatic carbocycles. The Bertz CT molecular complexity index is 301. The van der Waals surface area contributed by atoms with E-state index in [9.17, 15) is 9.59 Å². The third-order valence-corrected chi connectivity index (χ3v) is 2.40. The van der Waals surface area contributed by atoms with Gasteiger partial charge >= 0.3 is 6.16 Å². The first kappa shape index (κ1) is 13.5. The van der Waals surface area contributed by atoms with E-state index in [0.29, 0.717) is 13.0 Å². The molecule has 5 nitrogen and oxygen atoms in total. The maximum Gasteiger partial charge on any atom is 0.508 e. The number of hydrogen-bond donors (Lipinski definition) is 1. The molecule has 96 valence electrons. The minimum Gasteiger partial charge on any atom is -0.434 e. The lowest BCUT2D eigenvalue weighted by molar-refractivity contribution is -0.119. The normalized spacial score (nSPS) is 22.2. The van der Waals surface area contributed by atoms with Crippen molar-refractivity contribution in [3.05, 3.63) is 12.2 Å². The van der Waals surface area contributed by atoms with Crippen LogP contribution in [0, 0.1) is 0 Å². The van der Waals surface area contributed by atoms with Gasteiger partial charge in [0, 0.05) is 13.3 Å². The summed E-state index contributed by atoms with van der Waals surface area (Å²) in [5.41, 5.74) is 0. The van der Waals surface area contributed by atoms with Crippen molar-refractivity contribution in [2.75, 3.05) is 6.61 Å². The molecular weight excluding hydrogens is 222 g/mol. The Labute approximate surface area is 101 Å². The van der Waals surface area contributed by atoms with Gasteiger partial charge in [-0.3, -0.25) is 4.79 Å². The second-order valence-corrected chi connectivity index (χ2v) is 4.04. The summed E-state index contributed by atoms with van der Waals surface area (Å²) >= 11 is 0. The van der Waals surface area contributed by atoms with E-state index in [-0.39, 0.29) is 18.1 Å². The van der Waals surface area contributed by atoms with Crippen LogP contribution >= 0.6 is 0 Å². The molecule has 0 saturated carbocycles. The van der Waals surface area contributed by atoms with Gasteiger partial charge in [-0.25, -0.2) is 4.79 Å². The molecule has 0 saturated heterocycles. The van der Waals surface area contributed by atoms with E-state index in [1.807, 2.05) is 13.0 Å². The molecule has 17 heavy (non-hydrogen) atoms. The average Bonchev–Trinajstić information content (AvgIpc) is 2.64. The Morgan fingerprint density at radius 1 is 1.41 bits per heavy atom. The highest BCUT2D eigenvalue weighted by Crippen LogP contribution is 2.15. The lowest BCUT2D eigenvalue weighted by Gasteiger charge is -2.13. The molecule has 5 heteroatoms. The van der Waals surface area contributed by atoms with Crippen molar-refractivity contribution in [2.45, 2.75) is 45.3 Å². The molecule has 0 aromatic carbocycles. The van der Waals surface area contributed by atoms with Crippen LogP contribution in [-0.4, -0.2) is 30.8 Å². The van der Waals surface area contributed by atoms with E-state index in [2.05, 4.69) is 5.32 Å². The predicted molar refractivity (Wildman–Crippen MR) is 62.5 cm³/mol. The van der Waals surface area contributed by atoms with Crippen LogP contribution in [0.2, 0.25) is 0 Å². The lowest BCUT2D eigenvalue weighted by Crippen LogP contribution is -2.31. The Kier molecular flexibility index (Phi) is 5.52. The third-order valence-electron chi connectivity index (χ3n) is 2.40. The summed E-state index contributed by atoms with van der Waals surface area (Å²) in [7, 11) is 0. The van der Waals surface area contributed by atoms with Crippen molar-refractivity contribution in [2.24, 2.45) is 0 Å². The Balaban J connectivity index is 2.19. The van der Waals surface area contributed by atoms with E-state index in [4.69, 9.17) is 9.47 Å². The highest BCUT2D eigenvalue weighted by atomic mass is 16.7. The van der Waals surface area contributed by atoms with Crippen molar-refractivity contribution < 1.29 is 19.1 Å². The van der Waals surface area contributed by atoms with E-state index in [1.165, 1.54) is 6.92 Å². The summed E-state index contributed by atoms with van der Waals surface area (Å²) < 4.78 is 9.95. The van der Waals surface area contributed by atoms with Crippen molar-refractivity contribution in [3.8, 4) is 0 Å². The van der Waals surface area contributed by atoms with Gasteiger partial charge in [0.2, 0.25) is 5.91 Å². The molecule has 1 rings (SSSR count). The molecule has 0 spiro atoms. The molecule has 0 heterocycles. The van der Waals surface area contributed by atoms with Crippen LogP contribution in [0.5, 0.6) is 0 Å². The van der Waals surface area contributed by atoms with Crippen LogP contribution in [0.25, 0.3) is 0 Å². The minimum absolute atomic E-state index is 0.0547. The van der Waals surface area contributed by atoms with Gasteiger partial charge in [0.25, 0.3) is 0 Å². The first-order valence-electron chi connectivity index (χ1n) is 5.90. The highest BCUT2D eigenvalue weighted by Gasteiger charge is 2.23. The van der Waals surface area contributed by atoms with Gasteiger partial charge in [-0.1, -0.05) is 19.4 Å². The van der Waals surface area contributed by atoms with E-state index < -0.39 is 6.16 Å². The molecule has 0 aliphatic heterocycles. The molecular formula is C12H19NO4. The van der Waals surface area contributed by atoms with E-state index in [0.717, 1.165) is 12.8 Å². The van der Waals surface area contributed by atoms with Gasteiger partial charge in [-0.05, 0) is 12.5 Å². The monoisotopic (exact) mass is 241 g/mol. The zero-order chi connectivity index (χ0) is 12.7. The molecule has 0 aromatic heterocycles. The van der Waals surface area contributed by atoms with Gasteiger partial charge in [0.15, 0.2) is 0 Å². The number of carbonyl (C=O) groups is 2. The molecule has 1 aliphatic rings. The zero-order valence-corrected chi connectivity index (χ0v) is 10.3. The van der Waals surface area contributed by atoms with Gasteiger partial charge in [0.05, 0.1) is 12.6 Å². The van der Waals surface area contributed by atoms with Crippen LogP contribution in [0.1, 0.15) is 33.1 Å². The molecule has 0 fully saturated rings. The molecule has 0 aromatic rings. The molecule has 0 unspecified atom stereocenters. The van der Waals surface area contributed by atoms with Crippen LogP contribution in [0.15, 0.2) is 12.2 Å². The number of ether oxygens (including phenoxy) is 2. The highest BCUT2D eigenvalue weighted by molar-refractivity contribution is 5.73. The summed E-state index contributed by atoms with van der Waals surface area (Å²) in [5.74, 6) is -0.0918. The number of amides is 1. The molecule has 0 radical (unpaired) electrons. The number of unbranched alkanes of at least 4 members (excludes halogenated alkanes) is 1. The first-order valence-corrected chi connectivity index (χ1v) is 5.90. The third kappa shape index (κ3) is 5.38. The Morgan fingerprint density at radius 2 is 2.18 bits per heavy atom. The summed E-state index contributed by atoms with van der Waals surface area (Å²) in [6.07, 6.45) is 5.03. The fourth-order valence-corrected chi connectivity index (χ4v) is 1.58. The van der Waals surface area contributed by atoms with Crippen molar-refractivity contribution in [1.29, 1.82) is 0 Å². The number of rotatable bonds is 5. The van der Waals surface area contributed by atoms with Crippen molar-refractivity contribution in [3.63, 3.8) is 0 Å². The SMILES string of the molecule is CCCCOC(=O)O[C@H]1C=C[C@@H](NC(C)=O)C1. The maximum absolute atomic E-state index is 11.2. The first-order chi connectivity index (χ1) is 8.11. The van der Waals surface area contributed by atoms with Gasteiger partial charge in [-0.15, -0.1) is 0 Å². The molecule has 1 amide bonds. The number of nitrogens with one attached hydrogen (secondary N) is 1. The van der Waals surface area contributed by atoms with Crippen LogP contribution in [0.3, 0.4) is 0 Å². The Morgan fingerprint density at radius 3 is 2.82 bits per heavy atom. The summed E-state index contributed by atoms with van der Waals surface area (Å²) in [4.78, 5) is 22.1. The summed E-state index contributed by atoms with van der Waals surface area (Å²) in [6, 6.07) is -0.0547. The second kappa shape index (κ2) is 6.93. The van der Waals surface area contributed by atoms with Gasteiger partial charge in [-0.2, -0.15) is 0 Å². The molecule has 2 atom stereocenters. The largest absolute Gasteiger partial charge is 0.508 e. The zero-order valence-electron chi connectivity index (χ0n) is 10.3. The summed E-state index contributed by atoms with van der Waals surface area (Å²) in [6.45, 7) is 3.87. The molecule has 0 bridgehead atoms. The predicted octanol–water partition coefficient (Wildman–Crippen LogP) is 1.77. The minimum atomic E-state index is -0.642. The fourth-order valence-electron chi connectivity index (χ4n) is 1.58. The standard InChI is InChI=1S/C12H19NO4/c1-3-4-7-16-12(15)17-11-6-5-10(8-11)13-9(2)14/h5-6,10-11H,3-4,7-8H2,1-2H3,(H,13,14)/t10-,11+/m1/s1. The topological polar surface area (TPSA) is 64.6 Å². The van der Waals surface area contributed by atoms with Crippen LogP contribution < -0.4 is 5.32 Å². The summed E-state index contributed by atoms with van der Waals surface area (Å²) in [5, 5.41) is 2.74. The smallest absolute Gasteiger partial charge is 0.434 e. The number of hydrogen-bond acceptors (Lipinski definition) is 4. The van der Waals surface area contributed by atoms with Gasteiger partial charge in [0.1, 0.15) is 6.10 Å². The van der Waals surface area contributed by atoms with E-state index >= 15 is 0 Å². The Hall–Kier alpha value is -1.52. The fraction of sp³-hybridized carbons (Fsp3) is 0.667. The average molecular weight is 241 g/mol. The van der Waals surface area contributed by atoms with Crippen molar-refractivity contribution in [1.82, 2.24) is 5.32 Å². The second-order valence-electron chi connectivity index (χ2n) is 4.04. The molecule has 1 N–H and O–H groups in total. The van der Waals surface area contributed by atoms with Gasteiger partial charge < -0.3 is 14.8 Å². The van der Waals surface area contributed by atoms with Crippen molar-refractivity contribution >= 4 is 12.1 Å². The van der Waals surface area contributed by atoms with Crippen LogP contribution in [0.4, 0.5) is 4.79 Å². The number of carbonyl (C=O) groups excluding carboxylic acids is 2. The quantitative estimate of drug-likeness (QED) is 0.452. The maximum atomic E-state index is 11.2. The lowest BCUT2D eigenvalue weighted by atomic mass is 10.2. The van der Waals surface area contributed by atoms with E-state index in [1.54, 1.807) is 6.08 Å². The van der Waals surface area contributed by atoms with Crippen LogP contribution in [-0.2, 0) is 14.3 Å².